The van der Waals surface area contributed by atoms with Gasteiger partial charge in [0.2, 0.25) is 0 Å². The van der Waals surface area contributed by atoms with Crippen molar-refractivity contribution < 1.29 is 14.6 Å². The number of hydrogen-bond donors (Lipinski definition) is 1. The van der Waals surface area contributed by atoms with Gasteiger partial charge in [0.1, 0.15) is 13.2 Å². The fourth-order valence-electron chi connectivity index (χ4n) is 1.76. The van der Waals surface area contributed by atoms with Gasteiger partial charge in [-0.05, 0) is 29.2 Å². The fourth-order valence-corrected chi connectivity index (χ4v) is 1.76. The molecule has 1 aromatic rings. The summed E-state index contributed by atoms with van der Waals surface area (Å²) in [6.07, 6.45) is 2.00. The van der Waals surface area contributed by atoms with Crippen molar-refractivity contribution in [1.29, 1.82) is 0 Å². The van der Waals surface area contributed by atoms with E-state index in [0.29, 0.717) is 19.1 Å². The second-order valence-electron chi connectivity index (χ2n) is 4.44. The van der Waals surface area contributed by atoms with E-state index >= 15 is 0 Å². The van der Waals surface area contributed by atoms with Crippen molar-refractivity contribution in [1.82, 2.24) is 0 Å². The second kappa shape index (κ2) is 5.23. The highest BCUT2D eigenvalue weighted by Gasteiger charge is 2.11. The molecule has 3 nitrogen and oxygen atoms in total. The highest BCUT2D eigenvalue weighted by molar-refractivity contribution is 5.58. The largest absolute Gasteiger partial charge is 0.486 e. The molecule has 0 atom stereocenters. The van der Waals surface area contributed by atoms with Crippen LogP contribution >= 0.6 is 0 Å². The van der Waals surface area contributed by atoms with Gasteiger partial charge in [0, 0.05) is 0 Å². The molecule has 0 aromatic heterocycles. The van der Waals surface area contributed by atoms with E-state index in [2.05, 4.69) is 13.8 Å². The van der Waals surface area contributed by atoms with Gasteiger partial charge in [0.15, 0.2) is 11.5 Å². The molecule has 1 aliphatic rings. The SMILES string of the molecule is CC(C)C(=Cc1ccc2c(c1)OCCO2)CO. The first-order valence-electron chi connectivity index (χ1n) is 5.91. The van der Waals surface area contributed by atoms with Gasteiger partial charge >= 0.3 is 0 Å². The van der Waals surface area contributed by atoms with Crippen molar-refractivity contribution >= 4 is 6.08 Å². The summed E-state index contributed by atoms with van der Waals surface area (Å²) in [4.78, 5) is 0. The quantitative estimate of drug-likeness (QED) is 0.873. The van der Waals surface area contributed by atoms with Gasteiger partial charge in [-0.1, -0.05) is 26.0 Å². The smallest absolute Gasteiger partial charge is 0.161 e. The minimum Gasteiger partial charge on any atom is -0.486 e. The Morgan fingerprint density at radius 1 is 1.29 bits per heavy atom. The van der Waals surface area contributed by atoms with E-state index < -0.39 is 0 Å². The molecule has 1 N–H and O–H groups in total. The molecule has 1 aromatic carbocycles. The summed E-state index contributed by atoms with van der Waals surface area (Å²) in [7, 11) is 0. The second-order valence-corrected chi connectivity index (χ2v) is 4.44. The Bertz CT molecular complexity index is 421. The van der Waals surface area contributed by atoms with E-state index in [0.717, 1.165) is 22.6 Å². The molecule has 0 amide bonds. The number of benzene rings is 1. The highest BCUT2D eigenvalue weighted by atomic mass is 16.6. The number of fused-ring (bicyclic) bond motifs is 1. The Morgan fingerprint density at radius 2 is 2.00 bits per heavy atom. The molecule has 2 rings (SSSR count). The van der Waals surface area contributed by atoms with Crippen LogP contribution in [0.15, 0.2) is 23.8 Å². The zero-order valence-electron chi connectivity index (χ0n) is 10.3. The van der Waals surface area contributed by atoms with E-state index in [1.807, 2.05) is 24.3 Å². The van der Waals surface area contributed by atoms with Gasteiger partial charge in [0.05, 0.1) is 6.61 Å². The molecule has 0 unspecified atom stereocenters. The standard InChI is InChI=1S/C14H18O3/c1-10(2)12(9-15)7-11-3-4-13-14(8-11)17-6-5-16-13/h3-4,7-8,10,15H,5-6,9H2,1-2H3. The van der Waals surface area contributed by atoms with Crippen molar-refractivity contribution in [2.24, 2.45) is 5.92 Å². The summed E-state index contributed by atoms with van der Waals surface area (Å²) >= 11 is 0. The summed E-state index contributed by atoms with van der Waals surface area (Å²) < 4.78 is 11.0. The number of aliphatic hydroxyl groups is 1. The van der Waals surface area contributed by atoms with E-state index in [-0.39, 0.29) is 6.61 Å². The monoisotopic (exact) mass is 234 g/mol. The summed E-state index contributed by atoms with van der Waals surface area (Å²) in [5.74, 6) is 1.92. The fraction of sp³-hybridized carbons (Fsp3) is 0.429. The van der Waals surface area contributed by atoms with Crippen LogP contribution in [0, 0.1) is 5.92 Å². The normalized spacial score (nSPS) is 15.2. The van der Waals surface area contributed by atoms with E-state index in [4.69, 9.17) is 9.47 Å². The Labute approximate surface area is 102 Å². The van der Waals surface area contributed by atoms with Gasteiger partial charge < -0.3 is 14.6 Å². The maximum absolute atomic E-state index is 9.27. The summed E-state index contributed by atoms with van der Waals surface area (Å²) in [6, 6.07) is 5.84. The summed E-state index contributed by atoms with van der Waals surface area (Å²) in [5, 5.41) is 9.27. The molecular weight excluding hydrogens is 216 g/mol. The Hall–Kier alpha value is -1.48. The number of aliphatic hydroxyl groups excluding tert-OH is 1. The Kier molecular flexibility index (Phi) is 3.69. The van der Waals surface area contributed by atoms with Gasteiger partial charge in [-0.3, -0.25) is 0 Å². The highest BCUT2D eigenvalue weighted by Crippen LogP contribution is 2.31. The summed E-state index contributed by atoms with van der Waals surface area (Å²) in [6.45, 7) is 5.43. The van der Waals surface area contributed by atoms with Crippen LogP contribution in [-0.2, 0) is 0 Å². The van der Waals surface area contributed by atoms with Crippen LogP contribution in [0.2, 0.25) is 0 Å². The van der Waals surface area contributed by atoms with Crippen LogP contribution in [0.4, 0.5) is 0 Å². The van der Waals surface area contributed by atoms with Gasteiger partial charge in [-0.15, -0.1) is 0 Å². The number of rotatable bonds is 3. The lowest BCUT2D eigenvalue weighted by Crippen LogP contribution is -2.15. The van der Waals surface area contributed by atoms with Crippen LogP contribution in [0.3, 0.4) is 0 Å². The molecule has 92 valence electrons. The molecule has 0 saturated heterocycles. The molecule has 0 aliphatic carbocycles. The van der Waals surface area contributed by atoms with Crippen molar-refractivity contribution in [3.8, 4) is 11.5 Å². The van der Waals surface area contributed by atoms with Gasteiger partial charge in [-0.25, -0.2) is 0 Å². The van der Waals surface area contributed by atoms with Crippen molar-refractivity contribution in [2.45, 2.75) is 13.8 Å². The molecule has 0 spiro atoms. The van der Waals surface area contributed by atoms with Crippen molar-refractivity contribution in [2.75, 3.05) is 19.8 Å². The lowest BCUT2D eigenvalue weighted by Gasteiger charge is -2.18. The molecule has 0 fully saturated rings. The van der Waals surface area contributed by atoms with Gasteiger partial charge in [-0.2, -0.15) is 0 Å². The molecule has 3 heteroatoms. The molecular formula is C14H18O3. The zero-order valence-corrected chi connectivity index (χ0v) is 10.3. The van der Waals surface area contributed by atoms with E-state index in [1.54, 1.807) is 0 Å². The first-order chi connectivity index (χ1) is 8.20. The summed E-state index contributed by atoms with van der Waals surface area (Å²) in [5.41, 5.74) is 2.05. The van der Waals surface area contributed by atoms with Gasteiger partial charge in [0.25, 0.3) is 0 Å². The van der Waals surface area contributed by atoms with Crippen molar-refractivity contribution in [3.63, 3.8) is 0 Å². The third-order valence-electron chi connectivity index (χ3n) is 2.84. The van der Waals surface area contributed by atoms with Crippen LogP contribution in [-0.4, -0.2) is 24.9 Å². The maximum atomic E-state index is 9.27. The third-order valence-corrected chi connectivity index (χ3v) is 2.84. The molecule has 1 heterocycles. The Morgan fingerprint density at radius 3 is 2.65 bits per heavy atom. The zero-order chi connectivity index (χ0) is 12.3. The van der Waals surface area contributed by atoms with Crippen LogP contribution < -0.4 is 9.47 Å². The molecule has 0 saturated carbocycles. The maximum Gasteiger partial charge on any atom is 0.161 e. The van der Waals surface area contributed by atoms with Crippen LogP contribution in [0.1, 0.15) is 19.4 Å². The average molecular weight is 234 g/mol. The van der Waals surface area contributed by atoms with E-state index in [1.165, 1.54) is 0 Å². The number of ether oxygens (including phenoxy) is 2. The minimum absolute atomic E-state index is 0.0894. The minimum atomic E-state index is 0.0894. The van der Waals surface area contributed by atoms with Crippen molar-refractivity contribution in [3.05, 3.63) is 29.3 Å². The van der Waals surface area contributed by atoms with Crippen LogP contribution in [0.25, 0.3) is 6.08 Å². The lowest BCUT2D eigenvalue weighted by molar-refractivity contribution is 0.171. The average Bonchev–Trinajstić information content (AvgIpc) is 2.35. The topological polar surface area (TPSA) is 38.7 Å². The predicted octanol–water partition coefficient (Wildman–Crippen LogP) is 2.49. The molecule has 1 aliphatic heterocycles. The predicted molar refractivity (Wildman–Crippen MR) is 67.3 cm³/mol. The third kappa shape index (κ3) is 2.80. The molecule has 0 bridgehead atoms. The molecule has 0 radical (unpaired) electrons. The first-order valence-corrected chi connectivity index (χ1v) is 5.91. The first kappa shape index (κ1) is 12.0. The number of hydrogen-bond acceptors (Lipinski definition) is 3. The molecule has 17 heavy (non-hydrogen) atoms. The van der Waals surface area contributed by atoms with Crippen LogP contribution in [0.5, 0.6) is 11.5 Å². The lowest BCUT2D eigenvalue weighted by atomic mass is 10.0. The van der Waals surface area contributed by atoms with E-state index in [9.17, 15) is 5.11 Å². The Balaban J connectivity index is 2.27.